The fourth-order valence-electron chi connectivity index (χ4n) is 2.81. The van der Waals surface area contributed by atoms with E-state index in [1.54, 1.807) is 0 Å². The quantitative estimate of drug-likeness (QED) is 0.843. The van der Waals surface area contributed by atoms with Crippen molar-refractivity contribution in [1.29, 1.82) is 0 Å². The van der Waals surface area contributed by atoms with Gasteiger partial charge in [0, 0.05) is 12.6 Å². The van der Waals surface area contributed by atoms with Crippen LogP contribution >= 0.6 is 23.2 Å². The van der Waals surface area contributed by atoms with E-state index in [9.17, 15) is 0 Å². The van der Waals surface area contributed by atoms with Crippen LogP contribution in [0.15, 0.2) is 18.2 Å². The molecule has 0 aromatic heterocycles. The second-order valence-electron chi connectivity index (χ2n) is 5.58. The Balaban J connectivity index is 2.12. The highest BCUT2D eigenvalue weighted by Crippen LogP contribution is 2.29. The summed E-state index contributed by atoms with van der Waals surface area (Å²) >= 11 is 12.4. The largest absolute Gasteiger partial charge is 0.376 e. The monoisotopic (exact) mass is 315 g/mol. The van der Waals surface area contributed by atoms with Crippen LogP contribution in [-0.2, 0) is 11.2 Å². The Morgan fingerprint density at radius 1 is 1.40 bits per heavy atom. The van der Waals surface area contributed by atoms with E-state index in [4.69, 9.17) is 27.9 Å². The molecule has 20 heavy (non-hydrogen) atoms. The summed E-state index contributed by atoms with van der Waals surface area (Å²) in [4.78, 5) is 0. The van der Waals surface area contributed by atoms with E-state index in [0.717, 1.165) is 38.0 Å². The molecule has 1 aliphatic rings. The van der Waals surface area contributed by atoms with Gasteiger partial charge in [-0.2, -0.15) is 0 Å². The molecule has 0 saturated carbocycles. The van der Waals surface area contributed by atoms with Crippen LogP contribution in [0.2, 0.25) is 10.0 Å². The molecule has 0 amide bonds. The van der Waals surface area contributed by atoms with E-state index in [2.05, 4.69) is 25.2 Å². The molecule has 0 bridgehead atoms. The van der Waals surface area contributed by atoms with E-state index >= 15 is 0 Å². The zero-order valence-electron chi connectivity index (χ0n) is 12.2. The maximum atomic E-state index is 6.31. The van der Waals surface area contributed by atoms with Gasteiger partial charge in [0.15, 0.2) is 0 Å². The van der Waals surface area contributed by atoms with Crippen molar-refractivity contribution >= 4 is 23.2 Å². The zero-order valence-corrected chi connectivity index (χ0v) is 13.7. The van der Waals surface area contributed by atoms with Gasteiger partial charge in [-0.25, -0.2) is 0 Å². The molecular weight excluding hydrogens is 293 g/mol. The first-order chi connectivity index (χ1) is 9.63. The minimum absolute atomic E-state index is 0.261. The number of hydrogen-bond acceptors (Lipinski definition) is 2. The van der Waals surface area contributed by atoms with Gasteiger partial charge in [0.1, 0.15) is 0 Å². The van der Waals surface area contributed by atoms with Crippen molar-refractivity contribution in [3.63, 3.8) is 0 Å². The Bertz CT molecular complexity index is 438. The summed E-state index contributed by atoms with van der Waals surface area (Å²) in [5.74, 6) is 0.585. The minimum atomic E-state index is 0.261. The normalized spacial score (nSPS) is 24.0. The lowest BCUT2D eigenvalue weighted by Crippen LogP contribution is -2.44. The van der Waals surface area contributed by atoms with Gasteiger partial charge in [-0.15, -0.1) is 0 Å². The topological polar surface area (TPSA) is 21.3 Å². The van der Waals surface area contributed by atoms with Crippen LogP contribution in [0.25, 0.3) is 0 Å². The summed E-state index contributed by atoms with van der Waals surface area (Å²) < 4.78 is 5.93. The van der Waals surface area contributed by atoms with Crippen LogP contribution in [0, 0.1) is 5.92 Å². The summed E-state index contributed by atoms with van der Waals surface area (Å²) in [5.41, 5.74) is 1.09. The van der Waals surface area contributed by atoms with Crippen molar-refractivity contribution in [2.45, 2.75) is 45.3 Å². The third kappa shape index (κ3) is 3.88. The molecule has 4 heteroatoms. The van der Waals surface area contributed by atoms with Crippen molar-refractivity contribution in [1.82, 2.24) is 5.32 Å². The van der Waals surface area contributed by atoms with Crippen LogP contribution in [0.1, 0.15) is 32.3 Å². The number of rotatable bonds is 6. The molecule has 1 fully saturated rings. The molecule has 2 rings (SSSR count). The van der Waals surface area contributed by atoms with Crippen LogP contribution in [-0.4, -0.2) is 25.3 Å². The minimum Gasteiger partial charge on any atom is -0.376 e. The smallest absolute Gasteiger partial charge is 0.0757 e. The van der Waals surface area contributed by atoms with Crippen molar-refractivity contribution < 1.29 is 4.74 Å². The molecule has 1 aromatic rings. The predicted octanol–water partition coefficient (Wildman–Crippen LogP) is 4.33. The molecule has 0 spiro atoms. The van der Waals surface area contributed by atoms with Gasteiger partial charge < -0.3 is 10.1 Å². The highest BCUT2D eigenvalue weighted by molar-refractivity contribution is 6.42. The molecule has 1 aliphatic heterocycles. The highest BCUT2D eigenvalue weighted by atomic mass is 35.5. The second-order valence-corrected chi connectivity index (χ2v) is 6.36. The van der Waals surface area contributed by atoms with E-state index < -0.39 is 0 Å². The number of nitrogens with one attached hydrogen (secondary N) is 1. The molecule has 112 valence electrons. The number of hydrogen-bond donors (Lipinski definition) is 1. The maximum absolute atomic E-state index is 6.31. The standard InChI is InChI=1S/C16H23Cl2NO/c1-3-8-19-14(16-11(2)7-9-20-16)10-12-5-4-6-13(17)15(12)18/h4-6,11,14,16,19H,3,7-10H2,1-2H3. The Labute approximate surface area is 131 Å². The third-order valence-electron chi connectivity index (χ3n) is 3.97. The summed E-state index contributed by atoms with van der Waals surface area (Å²) in [6, 6.07) is 6.13. The molecule has 0 radical (unpaired) electrons. The van der Waals surface area contributed by atoms with Crippen LogP contribution < -0.4 is 5.32 Å². The summed E-state index contributed by atoms with van der Waals surface area (Å²) in [5, 5.41) is 4.90. The first-order valence-corrected chi connectivity index (χ1v) is 8.17. The zero-order chi connectivity index (χ0) is 14.5. The molecule has 3 unspecified atom stereocenters. The molecule has 1 aromatic carbocycles. The lowest BCUT2D eigenvalue weighted by atomic mass is 9.93. The SMILES string of the molecule is CCCNC(Cc1cccc(Cl)c1Cl)C1OCCC1C. The van der Waals surface area contributed by atoms with Gasteiger partial charge in [-0.05, 0) is 43.4 Å². The van der Waals surface area contributed by atoms with Gasteiger partial charge >= 0.3 is 0 Å². The van der Waals surface area contributed by atoms with E-state index in [1.165, 1.54) is 0 Å². The second kappa shape index (κ2) is 7.65. The molecular formula is C16H23Cl2NO. The number of ether oxygens (including phenoxy) is 1. The predicted molar refractivity (Wildman–Crippen MR) is 85.8 cm³/mol. The Morgan fingerprint density at radius 3 is 2.85 bits per heavy atom. The van der Waals surface area contributed by atoms with Gasteiger partial charge in [-0.3, -0.25) is 0 Å². The van der Waals surface area contributed by atoms with E-state index in [0.29, 0.717) is 22.0 Å². The average molecular weight is 316 g/mol. The van der Waals surface area contributed by atoms with Crippen LogP contribution in [0.4, 0.5) is 0 Å². The van der Waals surface area contributed by atoms with Gasteiger partial charge in [0.25, 0.3) is 0 Å². The molecule has 3 atom stereocenters. The van der Waals surface area contributed by atoms with Gasteiger partial charge in [0.2, 0.25) is 0 Å². The van der Waals surface area contributed by atoms with Crippen molar-refractivity contribution in [3.05, 3.63) is 33.8 Å². The van der Waals surface area contributed by atoms with Crippen molar-refractivity contribution in [2.75, 3.05) is 13.2 Å². The fraction of sp³-hybridized carbons (Fsp3) is 0.625. The lowest BCUT2D eigenvalue weighted by Gasteiger charge is -2.27. The molecule has 1 N–H and O–H groups in total. The summed E-state index contributed by atoms with van der Waals surface area (Å²) in [7, 11) is 0. The van der Waals surface area contributed by atoms with Gasteiger partial charge in [0.05, 0.1) is 16.1 Å². The number of benzene rings is 1. The molecule has 2 nitrogen and oxygen atoms in total. The first kappa shape index (κ1) is 16.1. The van der Waals surface area contributed by atoms with Crippen molar-refractivity contribution in [2.24, 2.45) is 5.92 Å². The van der Waals surface area contributed by atoms with Crippen LogP contribution in [0.5, 0.6) is 0 Å². The van der Waals surface area contributed by atoms with E-state index in [-0.39, 0.29) is 6.10 Å². The first-order valence-electron chi connectivity index (χ1n) is 7.41. The Morgan fingerprint density at radius 2 is 2.20 bits per heavy atom. The average Bonchev–Trinajstić information content (AvgIpc) is 2.85. The molecule has 0 aliphatic carbocycles. The Kier molecular flexibility index (Phi) is 6.16. The lowest BCUT2D eigenvalue weighted by molar-refractivity contribution is 0.0610. The maximum Gasteiger partial charge on any atom is 0.0757 e. The van der Waals surface area contributed by atoms with E-state index in [1.807, 2.05) is 12.1 Å². The highest BCUT2D eigenvalue weighted by Gasteiger charge is 2.32. The third-order valence-corrected chi connectivity index (χ3v) is 4.83. The molecule has 1 heterocycles. The number of halogens is 2. The summed E-state index contributed by atoms with van der Waals surface area (Å²) in [6.45, 7) is 6.29. The summed E-state index contributed by atoms with van der Waals surface area (Å²) in [6.07, 6.45) is 3.37. The molecule has 1 saturated heterocycles. The van der Waals surface area contributed by atoms with Gasteiger partial charge in [-0.1, -0.05) is 49.2 Å². The van der Waals surface area contributed by atoms with Crippen LogP contribution in [0.3, 0.4) is 0 Å². The van der Waals surface area contributed by atoms with Crippen molar-refractivity contribution in [3.8, 4) is 0 Å². The Hall–Kier alpha value is -0.280. The fourth-order valence-corrected chi connectivity index (χ4v) is 3.21.